The summed E-state index contributed by atoms with van der Waals surface area (Å²) in [5.74, 6) is 0.330. The van der Waals surface area contributed by atoms with Crippen LogP contribution in [-0.2, 0) is 20.8 Å². The number of carbonyl (C=O) groups excluding carboxylic acids is 2. The second-order valence-corrected chi connectivity index (χ2v) is 6.46. The van der Waals surface area contributed by atoms with Crippen LogP contribution in [0.4, 0.5) is 0 Å². The van der Waals surface area contributed by atoms with Crippen molar-refractivity contribution in [2.45, 2.75) is 38.6 Å². The molecule has 1 fully saturated rings. The SMILES string of the molecule is COCCCNC(=O)c1coc(CN(CCCOC)C(=O)C2CCC2)n1. The molecule has 0 atom stereocenters. The van der Waals surface area contributed by atoms with Gasteiger partial charge in [0.2, 0.25) is 11.8 Å². The molecule has 1 saturated carbocycles. The summed E-state index contributed by atoms with van der Waals surface area (Å²) in [5, 5.41) is 2.76. The summed E-state index contributed by atoms with van der Waals surface area (Å²) in [6.07, 6.45) is 5.82. The van der Waals surface area contributed by atoms with Crippen LogP contribution in [0.25, 0.3) is 0 Å². The Morgan fingerprint density at radius 2 is 2.00 bits per heavy atom. The fraction of sp³-hybridized carbons (Fsp3) is 0.722. The molecule has 1 aromatic heterocycles. The van der Waals surface area contributed by atoms with Gasteiger partial charge < -0.3 is 24.1 Å². The van der Waals surface area contributed by atoms with Crippen LogP contribution >= 0.6 is 0 Å². The average molecular weight is 367 g/mol. The fourth-order valence-electron chi connectivity index (χ4n) is 2.74. The quantitative estimate of drug-likeness (QED) is 0.564. The number of amides is 2. The molecule has 1 aromatic rings. The summed E-state index contributed by atoms with van der Waals surface area (Å²) in [5.41, 5.74) is 0.227. The molecule has 0 unspecified atom stereocenters. The number of carbonyl (C=O) groups is 2. The minimum atomic E-state index is -0.285. The molecule has 2 amide bonds. The topological polar surface area (TPSA) is 93.9 Å². The summed E-state index contributed by atoms with van der Waals surface area (Å²) in [6.45, 7) is 2.55. The van der Waals surface area contributed by atoms with Crippen molar-refractivity contribution < 1.29 is 23.5 Å². The minimum Gasteiger partial charge on any atom is -0.446 e. The molecule has 1 aliphatic rings. The first-order valence-electron chi connectivity index (χ1n) is 9.15. The Morgan fingerprint density at radius 3 is 2.65 bits per heavy atom. The number of hydrogen-bond donors (Lipinski definition) is 1. The van der Waals surface area contributed by atoms with Gasteiger partial charge in [-0.3, -0.25) is 9.59 Å². The molecular weight excluding hydrogens is 338 g/mol. The second-order valence-electron chi connectivity index (χ2n) is 6.46. The first-order valence-corrected chi connectivity index (χ1v) is 9.15. The predicted octanol–water partition coefficient (Wildman–Crippen LogP) is 1.61. The Bertz CT molecular complexity index is 571. The van der Waals surface area contributed by atoms with Gasteiger partial charge in [-0.15, -0.1) is 0 Å². The van der Waals surface area contributed by atoms with E-state index in [9.17, 15) is 9.59 Å². The Labute approximate surface area is 154 Å². The largest absolute Gasteiger partial charge is 0.446 e. The van der Waals surface area contributed by atoms with E-state index in [4.69, 9.17) is 13.9 Å². The molecule has 0 saturated heterocycles. The van der Waals surface area contributed by atoms with Gasteiger partial charge >= 0.3 is 0 Å². The van der Waals surface area contributed by atoms with Crippen LogP contribution < -0.4 is 5.32 Å². The summed E-state index contributed by atoms with van der Waals surface area (Å²) < 4.78 is 15.4. The number of nitrogens with zero attached hydrogens (tertiary/aromatic N) is 2. The zero-order valence-electron chi connectivity index (χ0n) is 15.7. The third kappa shape index (κ3) is 6.10. The average Bonchev–Trinajstić information content (AvgIpc) is 3.05. The van der Waals surface area contributed by atoms with E-state index in [2.05, 4.69) is 10.3 Å². The zero-order valence-corrected chi connectivity index (χ0v) is 15.7. The molecule has 0 aliphatic heterocycles. The highest BCUT2D eigenvalue weighted by molar-refractivity contribution is 5.91. The van der Waals surface area contributed by atoms with Gasteiger partial charge in [0, 0.05) is 46.4 Å². The summed E-state index contributed by atoms with van der Waals surface area (Å²) >= 11 is 0. The lowest BCUT2D eigenvalue weighted by Crippen LogP contribution is -2.39. The molecular formula is C18H29N3O5. The summed E-state index contributed by atoms with van der Waals surface area (Å²) in [6, 6.07) is 0. The van der Waals surface area contributed by atoms with E-state index in [-0.39, 0.29) is 30.0 Å². The van der Waals surface area contributed by atoms with Crippen LogP contribution in [0, 0.1) is 5.92 Å². The van der Waals surface area contributed by atoms with Crippen molar-refractivity contribution in [3.05, 3.63) is 17.8 Å². The molecule has 146 valence electrons. The molecule has 0 spiro atoms. The number of aromatic nitrogens is 1. The molecule has 0 bridgehead atoms. The van der Waals surface area contributed by atoms with Gasteiger partial charge in [-0.1, -0.05) is 6.42 Å². The lowest BCUT2D eigenvalue weighted by molar-refractivity contribution is -0.139. The highest BCUT2D eigenvalue weighted by atomic mass is 16.5. The minimum absolute atomic E-state index is 0.107. The van der Waals surface area contributed by atoms with Crippen LogP contribution in [0.2, 0.25) is 0 Å². The number of rotatable bonds is 12. The van der Waals surface area contributed by atoms with E-state index in [1.165, 1.54) is 6.26 Å². The van der Waals surface area contributed by atoms with E-state index >= 15 is 0 Å². The standard InChI is InChI=1S/C18H29N3O5/c1-24-10-4-8-19-17(22)15-13-26-16(20-15)12-21(9-5-11-25-2)18(23)14-6-3-7-14/h13-14H,3-12H2,1-2H3,(H,19,22). The van der Waals surface area contributed by atoms with E-state index in [1.54, 1.807) is 19.1 Å². The van der Waals surface area contributed by atoms with E-state index in [0.717, 1.165) is 32.1 Å². The molecule has 8 heteroatoms. The number of hydrogen-bond acceptors (Lipinski definition) is 6. The normalized spacial score (nSPS) is 14.1. The third-order valence-corrected chi connectivity index (χ3v) is 4.46. The van der Waals surface area contributed by atoms with Crippen molar-refractivity contribution in [1.82, 2.24) is 15.2 Å². The van der Waals surface area contributed by atoms with Crippen LogP contribution in [-0.4, -0.2) is 62.2 Å². The van der Waals surface area contributed by atoms with Gasteiger partial charge in [-0.05, 0) is 25.7 Å². The van der Waals surface area contributed by atoms with Crippen LogP contribution in [0.1, 0.15) is 48.5 Å². The highest BCUT2D eigenvalue weighted by Crippen LogP contribution is 2.28. The summed E-state index contributed by atoms with van der Waals surface area (Å²) in [7, 11) is 3.26. The molecule has 1 heterocycles. The number of nitrogens with one attached hydrogen (secondary N) is 1. The lowest BCUT2D eigenvalue weighted by atomic mass is 9.84. The Kier molecular flexibility index (Phi) is 8.57. The molecule has 0 aromatic carbocycles. The second kappa shape index (κ2) is 10.9. The van der Waals surface area contributed by atoms with Gasteiger partial charge in [-0.2, -0.15) is 0 Å². The Morgan fingerprint density at radius 1 is 1.27 bits per heavy atom. The van der Waals surface area contributed by atoms with Gasteiger partial charge in [0.15, 0.2) is 5.69 Å². The first-order chi connectivity index (χ1) is 12.7. The van der Waals surface area contributed by atoms with Gasteiger partial charge in [0.25, 0.3) is 5.91 Å². The van der Waals surface area contributed by atoms with Crippen LogP contribution in [0.15, 0.2) is 10.7 Å². The molecule has 1 aliphatic carbocycles. The molecule has 2 rings (SSSR count). The predicted molar refractivity (Wildman–Crippen MR) is 94.6 cm³/mol. The number of methoxy groups -OCH3 is 2. The van der Waals surface area contributed by atoms with Crippen molar-refractivity contribution in [2.24, 2.45) is 5.92 Å². The maximum absolute atomic E-state index is 12.6. The third-order valence-electron chi connectivity index (χ3n) is 4.46. The lowest BCUT2D eigenvalue weighted by Gasteiger charge is -2.31. The maximum atomic E-state index is 12.6. The van der Waals surface area contributed by atoms with Gasteiger partial charge in [0.05, 0.1) is 6.54 Å². The fourth-order valence-corrected chi connectivity index (χ4v) is 2.74. The van der Waals surface area contributed by atoms with Crippen molar-refractivity contribution in [2.75, 3.05) is 40.5 Å². The van der Waals surface area contributed by atoms with Gasteiger partial charge in [0.1, 0.15) is 6.26 Å². The monoisotopic (exact) mass is 367 g/mol. The molecule has 1 N–H and O–H groups in total. The zero-order chi connectivity index (χ0) is 18.8. The molecule has 26 heavy (non-hydrogen) atoms. The summed E-state index contributed by atoms with van der Waals surface area (Å²) in [4.78, 5) is 30.6. The van der Waals surface area contributed by atoms with Gasteiger partial charge in [-0.25, -0.2) is 4.98 Å². The smallest absolute Gasteiger partial charge is 0.273 e. The first kappa shape index (κ1) is 20.4. The van der Waals surface area contributed by atoms with Crippen molar-refractivity contribution in [3.63, 3.8) is 0 Å². The van der Waals surface area contributed by atoms with Crippen molar-refractivity contribution in [1.29, 1.82) is 0 Å². The maximum Gasteiger partial charge on any atom is 0.273 e. The van der Waals surface area contributed by atoms with Crippen LogP contribution in [0.5, 0.6) is 0 Å². The Hall–Kier alpha value is -1.93. The van der Waals surface area contributed by atoms with E-state index in [0.29, 0.717) is 32.2 Å². The van der Waals surface area contributed by atoms with E-state index in [1.807, 2.05) is 0 Å². The van der Waals surface area contributed by atoms with Crippen LogP contribution in [0.3, 0.4) is 0 Å². The van der Waals surface area contributed by atoms with E-state index < -0.39 is 0 Å². The molecule has 0 radical (unpaired) electrons. The Balaban J connectivity index is 1.89. The number of oxazole rings is 1. The molecule has 8 nitrogen and oxygen atoms in total. The van der Waals surface area contributed by atoms with Crippen molar-refractivity contribution in [3.8, 4) is 0 Å². The van der Waals surface area contributed by atoms with Crippen molar-refractivity contribution >= 4 is 11.8 Å². The number of ether oxygens (including phenoxy) is 2. The highest BCUT2D eigenvalue weighted by Gasteiger charge is 2.30.